The van der Waals surface area contributed by atoms with Gasteiger partial charge in [0.05, 0.1) is 10.9 Å². The van der Waals surface area contributed by atoms with Crippen molar-refractivity contribution in [3.8, 4) is 5.75 Å². The number of carbonyl (C=O) groups excluding carboxylic acids is 1. The highest BCUT2D eigenvalue weighted by Crippen LogP contribution is 2.40. The van der Waals surface area contributed by atoms with Crippen LogP contribution in [0.1, 0.15) is 53.8 Å². The number of ether oxygens (including phenoxy) is 1. The van der Waals surface area contributed by atoms with Crippen molar-refractivity contribution in [3.05, 3.63) is 47.5 Å². The van der Waals surface area contributed by atoms with E-state index in [1.54, 1.807) is 0 Å². The van der Waals surface area contributed by atoms with Crippen LogP contribution in [0.5, 0.6) is 5.75 Å². The maximum Gasteiger partial charge on any atom is 0.258 e. The van der Waals surface area contributed by atoms with E-state index in [4.69, 9.17) is 9.15 Å². The Labute approximate surface area is 194 Å². The highest BCUT2D eigenvalue weighted by molar-refractivity contribution is 14.1. The van der Waals surface area contributed by atoms with Crippen LogP contribution in [-0.4, -0.2) is 44.0 Å². The standard InChI is InChI=1S/C23H25IN4O3/c1-14-18(19-20(27-23(2)8-9-23)25-13-26-21(19)31-14)22(29)28-10-7-16(11-28)15-3-5-17(6-4-15)30-12-24/h3-6,13,16H,7-12H2,1-2H3,(H,25,26,27). The van der Waals surface area contributed by atoms with E-state index >= 15 is 0 Å². The molecule has 31 heavy (non-hydrogen) atoms. The summed E-state index contributed by atoms with van der Waals surface area (Å²) in [6, 6.07) is 8.20. The Morgan fingerprint density at radius 1 is 1.32 bits per heavy atom. The molecule has 0 bridgehead atoms. The van der Waals surface area contributed by atoms with Gasteiger partial charge in [0.15, 0.2) is 0 Å². The average molecular weight is 532 g/mol. The SMILES string of the molecule is Cc1oc2ncnc(NC3(C)CC3)c2c1C(=O)N1CCC(c2ccc(OCI)cc2)C1. The lowest BCUT2D eigenvalue weighted by Gasteiger charge is -2.18. The summed E-state index contributed by atoms with van der Waals surface area (Å²) in [7, 11) is 0. The van der Waals surface area contributed by atoms with Crippen LogP contribution in [0.4, 0.5) is 5.82 Å². The lowest BCUT2D eigenvalue weighted by Crippen LogP contribution is -2.29. The Hall–Kier alpha value is -2.36. The topological polar surface area (TPSA) is 80.5 Å². The van der Waals surface area contributed by atoms with Crippen molar-refractivity contribution in [3.63, 3.8) is 0 Å². The number of likely N-dealkylation sites (tertiary alicyclic amines) is 1. The van der Waals surface area contributed by atoms with Gasteiger partial charge in [-0.05, 0) is 73.4 Å². The summed E-state index contributed by atoms with van der Waals surface area (Å²) in [5, 5.41) is 4.19. The molecule has 162 valence electrons. The number of hydrogen-bond donors (Lipinski definition) is 1. The third-order valence-corrected chi connectivity index (χ3v) is 6.66. The molecule has 7 nitrogen and oxygen atoms in total. The average Bonchev–Trinajstić information content (AvgIpc) is 3.16. The van der Waals surface area contributed by atoms with Gasteiger partial charge in [-0.15, -0.1) is 0 Å². The Morgan fingerprint density at radius 2 is 2.10 bits per heavy atom. The Balaban J connectivity index is 1.39. The minimum atomic E-state index is -0.0117. The number of hydrogen-bond acceptors (Lipinski definition) is 6. The third kappa shape index (κ3) is 3.97. The van der Waals surface area contributed by atoms with Gasteiger partial charge in [0.2, 0.25) is 5.71 Å². The fraction of sp³-hybridized carbons (Fsp3) is 0.435. The van der Waals surface area contributed by atoms with Gasteiger partial charge in [-0.2, -0.15) is 0 Å². The van der Waals surface area contributed by atoms with Crippen LogP contribution in [0.2, 0.25) is 0 Å². The molecule has 1 saturated heterocycles. The summed E-state index contributed by atoms with van der Waals surface area (Å²) in [5.41, 5.74) is 2.31. The van der Waals surface area contributed by atoms with Crippen molar-refractivity contribution in [2.24, 2.45) is 0 Å². The molecule has 1 aliphatic heterocycles. The maximum atomic E-state index is 13.6. The van der Waals surface area contributed by atoms with Crippen LogP contribution in [0.15, 0.2) is 35.0 Å². The highest BCUT2D eigenvalue weighted by atomic mass is 127. The van der Waals surface area contributed by atoms with Crippen molar-refractivity contribution in [1.29, 1.82) is 0 Å². The zero-order valence-electron chi connectivity index (χ0n) is 17.7. The molecule has 2 aliphatic rings. The summed E-state index contributed by atoms with van der Waals surface area (Å²) in [6.45, 7) is 5.40. The van der Waals surface area contributed by atoms with Gasteiger partial charge in [-0.25, -0.2) is 9.97 Å². The Kier molecular flexibility index (Phi) is 5.27. The van der Waals surface area contributed by atoms with Crippen LogP contribution in [0.3, 0.4) is 0 Å². The molecule has 1 saturated carbocycles. The normalized spacial score (nSPS) is 19.6. The number of amides is 1. The van der Waals surface area contributed by atoms with Crippen molar-refractivity contribution in [2.75, 3.05) is 23.0 Å². The fourth-order valence-corrected chi connectivity index (χ4v) is 4.63. The van der Waals surface area contributed by atoms with Gasteiger partial charge in [0.25, 0.3) is 5.91 Å². The van der Waals surface area contributed by atoms with E-state index < -0.39 is 0 Å². The second-order valence-corrected chi connectivity index (χ2v) is 9.30. The molecule has 2 aromatic heterocycles. The first-order valence-corrected chi connectivity index (χ1v) is 12.1. The maximum absolute atomic E-state index is 13.6. The lowest BCUT2D eigenvalue weighted by molar-refractivity contribution is 0.0790. The smallest absolute Gasteiger partial charge is 0.258 e. The lowest BCUT2D eigenvalue weighted by atomic mass is 9.98. The predicted octanol–water partition coefficient (Wildman–Crippen LogP) is 4.90. The number of alkyl halides is 1. The molecular formula is C23H25IN4O3. The molecule has 2 fully saturated rings. The number of fused-ring (bicyclic) bond motifs is 1. The highest BCUT2D eigenvalue weighted by Gasteiger charge is 2.39. The molecule has 1 aliphatic carbocycles. The molecule has 0 spiro atoms. The van der Waals surface area contributed by atoms with Gasteiger partial charge in [-0.3, -0.25) is 4.79 Å². The molecule has 1 amide bonds. The van der Waals surface area contributed by atoms with E-state index in [9.17, 15) is 4.79 Å². The number of nitrogens with zero attached hydrogens (tertiary/aromatic N) is 3. The number of furan rings is 1. The molecule has 5 rings (SSSR count). The number of nitrogens with one attached hydrogen (secondary N) is 1. The monoisotopic (exact) mass is 532 g/mol. The van der Waals surface area contributed by atoms with Crippen LogP contribution >= 0.6 is 22.6 Å². The first-order chi connectivity index (χ1) is 15.0. The third-order valence-electron chi connectivity index (χ3n) is 6.35. The van der Waals surface area contributed by atoms with E-state index in [2.05, 4.69) is 56.9 Å². The second-order valence-electron chi connectivity index (χ2n) is 8.68. The zero-order chi connectivity index (χ0) is 21.6. The number of anilines is 1. The van der Waals surface area contributed by atoms with E-state index in [0.717, 1.165) is 31.6 Å². The molecule has 8 heteroatoms. The van der Waals surface area contributed by atoms with Gasteiger partial charge >= 0.3 is 0 Å². The van der Waals surface area contributed by atoms with Crippen molar-refractivity contribution in [1.82, 2.24) is 14.9 Å². The summed E-state index contributed by atoms with van der Waals surface area (Å²) >= 11 is 2.19. The van der Waals surface area contributed by atoms with E-state index in [1.807, 2.05) is 24.0 Å². The number of rotatable bonds is 6. The van der Waals surface area contributed by atoms with Gasteiger partial charge < -0.3 is 19.4 Å². The van der Waals surface area contributed by atoms with Crippen molar-refractivity contribution in [2.45, 2.75) is 44.6 Å². The Bertz CT molecular complexity index is 1120. The van der Waals surface area contributed by atoms with E-state index in [0.29, 0.717) is 45.3 Å². The summed E-state index contributed by atoms with van der Waals surface area (Å²) in [5.74, 6) is 2.45. The van der Waals surface area contributed by atoms with Crippen molar-refractivity contribution < 1.29 is 13.9 Å². The summed E-state index contributed by atoms with van der Waals surface area (Å²) in [4.78, 5) is 24.2. The quantitative estimate of drug-likeness (QED) is 0.360. The van der Waals surface area contributed by atoms with E-state index in [-0.39, 0.29) is 11.4 Å². The fourth-order valence-electron chi connectivity index (χ4n) is 4.27. The molecule has 3 aromatic rings. The number of halogens is 1. The number of aryl methyl sites for hydroxylation is 1. The minimum absolute atomic E-state index is 0.0117. The molecule has 1 N–H and O–H groups in total. The van der Waals surface area contributed by atoms with Crippen LogP contribution < -0.4 is 10.1 Å². The molecular weight excluding hydrogens is 507 g/mol. The Morgan fingerprint density at radius 3 is 2.81 bits per heavy atom. The first kappa shape index (κ1) is 20.5. The van der Waals surface area contributed by atoms with E-state index in [1.165, 1.54) is 11.9 Å². The number of benzene rings is 1. The van der Waals surface area contributed by atoms with Crippen molar-refractivity contribution >= 4 is 45.4 Å². The van der Waals surface area contributed by atoms with Gasteiger partial charge in [-0.1, -0.05) is 12.1 Å². The van der Waals surface area contributed by atoms with Crippen LogP contribution in [0, 0.1) is 6.92 Å². The predicted molar refractivity (Wildman–Crippen MR) is 127 cm³/mol. The summed E-state index contributed by atoms with van der Waals surface area (Å²) in [6.07, 6.45) is 4.61. The van der Waals surface area contributed by atoms with Crippen LogP contribution in [-0.2, 0) is 0 Å². The summed E-state index contributed by atoms with van der Waals surface area (Å²) < 4.78 is 12.0. The largest absolute Gasteiger partial charge is 0.483 e. The van der Waals surface area contributed by atoms with Crippen LogP contribution in [0.25, 0.3) is 11.1 Å². The molecule has 1 aromatic carbocycles. The molecule has 3 heterocycles. The molecule has 1 atom stereocenters. The first-order valence-electron chi connectivity index (χ1n) is 10.6. The zero-order valence-corrected chi connectivity index (χ0v) is 19.8. The number of carbonyl (C=O) groups is 1. The second kappa shape index (κ2) is 7.96. The number of aromatic nitrogens is 2. The van der Waals surface area contributed by atoms with Gasteiger partial charge in [0, 0.05) is 24.5 Å². The minimum Gasteiger partial charge on any atom is -0.483 e. The molecule has 1 unspecified atom stereocenters. The van der Waals surface area contributed by atoms with Gasteiger partial charge in [0.1, 0.15) is 28.3 Å². The molecule has 0 radical (unpaired) electrons.